The van der Waals surface area contributed by atoms with Gasteiger partial charge < -0.3 is 20.3 Å². The van der Waals surface area contributed by atoms with Crippen LogP contribution in [0.1, 0.15) is 44.1 Å². The molecule has 0 aliphatic carbocycles. The summed E-state index contributed by atoms with van der Waals surface area (Å²) in [5.41, 5.74) is -0.152. The van der Waals surface area contributed by atoms with Crippen molar-refractivity contribution in [2.75, 3.05) is 31.6 Å². The van der Waals surface area contributed by atoms with E-state index in [4.69, 9.17) is 4.74 Å². The first-order valence-electron chi connectivity index (χ1n) is 11.9. The molecule has 2 aromatic rings. The van der Waals surface area contributed by atoms with Crippen LogP contribution in [-0.4, -0.2) is 54.1 Å². The molecule has 2 aliphatic heterocycles. The highest BCUT2D eigenvalue weighted by Crippen LogP contribution is 2.31. The SMILES string of the molecule is COc1ccc(F)c(C[C@]2(CCC(=O)NC[C@H]3CCCN(c4ncccn4)C3)CCC(=O)N2)c1. The molecule has 4 rings (SSSR count). The third-order valence-electron chi connectivity index (χ3n) is 6.79. The van der Waals surface area contributed by atoms with Crippen molar-refractivity contribution < 1.29 is 18.7 Å². The van der Waals surface area contributed by atoms with Crippen LogP contribution in [0.25, 0.3) is 0 Å². The molecule has 0 radical (unpaired) electrons. The van der Waals surface area contributed by atoms with Crippen LogP contribution in [0.15, 0.2) is 36.7 Å². The Labute approximate surface area is 199 Å². The smallest absolute Gasteiger partial charge is 0.225 e. The highest BCUT2D eigenvalue weighted by atomic mass is 19.1. The molecule has 2 aliphatic rings. The van der Waals surface area contributed by atoms with Gasteiger partial charge in [0.2, 0.25) is 17.8 Å². The Morgan fingerprint density at radius 1 is 1.35 bits per heavy atom. The van der Waals surface area contributed by atoms with Crippen LogP contribution in [0, 0.1) is 11.7 Å². The van der Waals surface area contributed by atoms with E-state index in [-0.39, 0.29) is 24.1 Å². The second-order valence-electron chi connectivity index (χ2n) is 9.27. The Bertz CT molecular complexity index is 1010. The minimum atomic E-state index is -0.631. The molecular formula is C25H32FN5O3. The zero-order valence-electron chi connectivity index (χ0n) is 19.6. The molecule has 2 saturated heterocycles. The summed E-state index contributed by atoms with van der Waals surface area (Å²) in [4.78, 5) is 35.5. The number of nitrogens with zero attached hydrogens (tertiary/aromatic N) is 3. The molecule has 1 aromatic carbocycles. The molecule has 0 unspecified atom stereocenters. The average Bonchev–Trinajstić information content (AvgIpc) is 3.24. The van der Waals surface area contributed by atoms with E-state index < -0.39 is 5.54 Å². The highest BCUT2D eigenvalue weighted by Gasteiger charge is 2.38. The third kappa shape index (κ3) is 6.01. The molecule has 3 heterocycles. The number of aromatic nitrogens is 2. The monoisotopic (exact) mass is 469 g/mol. The fourth-order valence-corrected chi connectivity index (χ4v) is 4.93. The van der Waals surface area contributed by atoms with Gasteiger partial charge in [0.1, 0.15) is 11.6 Å². The predicted molar refractivity (Wildman–Crippen MR) is 126 cm³/mol. The van der Waals surface area contributed by atoms with E-state index >= 15 is 0 Å². The summed E-state index contributed by atoms with van der Waals surface area (Å²) in [6.45, 7) is 2.31. The van der Waals surface area contributed by atoms with Gasteiger partial charge in [-0.15, -0.1) is 0 Å². The number of methoxy groups -OCH3 is 1. The standard InChI is InChI=1S/C25H32FN5O3/c1-34-20-5-6-21(26)19(14-20)15-25(10-8-23(33)30-25)9-7-22(32)29-16-18-4-2-13-31(17-18)24-27-11-3-12-28-24/h3,5-6,11-12,14,18H,2,4,7-10,13,15-17H2,1H3,(H,29,32)(H,30,33)/t18-,25+/m1/s1. The highest BCUT2D eigenvalue weighted by molar-refractivity contribution is 5.80. The van der Waals surface area contributed by atoms with Crippen LogP contribution in [0.3, 0.4) is 0 Å². The van der Waals surface area contributed by atoms with Crippen molar-refractivity contribution in [3.05, 3.63) is 48.0 Å². The van der Waals surface area contributed by atoms with Gasteiger partial charge in [0.25, 0.3) is 0 Å². The molecule has 182 valence electrons. The molecule has 2 N–H and O–H groups in total. The first-order chi connectivity index (χ1) is 16.5. The van der Waals surface area contributed by atoms with Crippen LogP contribution >= 0.6 is 0 Å². The molecule has 9 heteroatoms. The summed E-state index contributed by atoms with van der Waals surface area (Å²) in [6, 6.07) is 6.40. The largest absolute Gasteiger partial charge is 0.497 e. The van der Waals surface area contributed by atoms with Crippen LogP contribution in [-0.2, 0) is 16.0 Å². The van der Waals surface area contributed by atoms with Crippen molar-refractivity contribution in [3.8, 4) is 5.75 Å². The fraction of sp³-hybridized carbons (Fsp3) is 0.520. The maximum Gasteiger partial charge on any atom is 0.225 e. The van der Waals surface area contributed by atoms with Crippen LogP contribution in [0.5, 0.6) is 5.75 Å². The lowest BCUT2D eigenvalue weighted by atomic mass is 9.84. The van der Waals surface area contributed by atoms with Crippen molar-refractivity contribution in [2.45, 2.75) is 50.5 Å². The number of amides is 2. The summed E-state index contributed by atoms with van der Waals surface area (Å²) < 4.78 is 19.7. The Hall–Kier alpha value is -3.23. The number of anilines is 1. The lowest BCUT2D eigenvalue weighted by molar-refractivity contribution is -0.123. The maximum absolute atomic E-state index is 14.4. The Morgan fingerprint density at radius 3 is 2.91 bits per heavy atom. The van der Waals surface area contributed by atoms with Crippen molar-refractivity contribution in [1.29, 1.82) is 0 Å². The summed E-state index contributed by atoms with van der Waals surface area (Å²) in [5.74, 6) is 1.16. The topological polar surface area (TPSA) is 96.4 Å². The maximum atomic E-state index is 14.4. The Kier molecular flexibility index (Phi) is 7.59. The molecule has 2 atom stereocenters. The first-order valence-corrected chi connectivity index (χ1v) is 11.9. The van der Waals surface area contributed by atoms with E-state index in [9.17, 15) is 14.0 Å². The molecule has 0 spiro atoms. The van der Waals surface area contributed by atoms with Gasteiger partial charge in [0.15, 0.2) is 0 Å². The lowest BCUT2D eigenvalue weighted by Crippen LogP contribution is -2.45. The van der Waals surface area contributed by atoms with Gasteiger partial charge in [-0.25, -0.2) is 14.4 Å². The van der Waals surface area contributed by atoms with E-state index in [0.717, 1.165) is 31.9 Å². The van der Waals surface area contributed by atoms with Crippen LogP contribution < -0.4 is 20.3 Å². The molecule has 2 fully saturated rings. The van der Waals surface area contributed by atoms with E-state index in [1.165, 1.54) is 13.2 Å². The van der Waals surface area contributed by atoms with E-state index in [1.807, 2.05) is 0 Å². The van der Waals surface area contributed by atoms with Gasteiger partial charge in [-0.3, -0.25) is 9.59 Å². The molecule has 0 bridgehead atoms. The van der Waals surface area contributed by atoms with Crippen molar-refractivity contribution in [3.63, 3.8) is 0 Å². The van der Waals surface area contributed by atoms with E-state index in [2.05, 4.69) is 25.5 Å². The summed E-state index contributed by atoms with van der Waals surface area (Å²) in [6.07, 6.45) is 7.55. The van der Waals surface area contributed by atoms with Gasteiger partial charge in [0, 0.05) is 50.4 Å². The van der Waals surface area contributed by atoms with Gasteiger partial charge in [-0.2, -0.15) is 0 Å². The minimum Gasteiger partial charge on any atom is -0.497 e. The third-order valence-corrected chi connectivity index (χ3v) is 6.79. The van der Waals surface area contributed by atoms with Gasteiger partial charge in [-0.05, 0) is 67.9 Å². The van der Waals surface area contributed by atoms with Crippen LogP contribution in [0.4, 0.5) is 10.3 Å². The van der Waals surface area contributed by atoms with Crippen molar-refractivity contribution in [1.82, 2.24) is 20.6 Å². The summed E-state index contributed by atoms with van der Waals surface area (Å²) in [5, 5.41) is 6.08. The van der Waals surface area contributed by atoms with Crippen molar-refractivity contribution in [2.24, 2.45) is 5.92 Å². The second-order valence-corrected chi connectivity index (χ2v) is 9.27. The number of ether oxygens (including phenoxy) is 1. The van der Waals surface area contributed by atoms with Gasteiger partial charge >= 0.3 is 0 Å². The quantitative estimate of drug-likeness (QED) is 0.586. The van der Waals surface area contributed by atoms with Crippen molar-refractivity contribution >= 4 is 17.8 Å². The number of carbonyl (C=O) groups excluding carboxylic acids is 2. The number of hydrogen-bond acceptors (Lipinski definition) is 6. The number of hydrogen-bond donors (Lipinski definition) is 2. The van der Waals surface area contributed by atoms with Crippen LogP contribution in [0.2, 0.25) is 0 Å². The predicted octanol–water partition coefficient (Wildman–Crippen LogP) is 2.63. The lowest BCUT2D eigenvalue weighted by Gasteiger charge is -2.33. The number of carbonyl (C=O) groups is 2. The molecule has 1 aromatic heterocycles. The number of rotatable bonds is 9. The number of halogens is 1. The summed E-state index contributed by atoms with van der Waals surface area (Å²) >= 11 is 0. The summed E-state index contributed by atoms with van der Waals surface area (Å²) in [7, 11) is 1.53. The number of benzene rings is 1. The van der Waals surface area contributed by atoms with E-state index in [1.54, 1.807) is 30.6 Å². The van der Waals surface area contributed by atoms with Gasteiger partial charge in [0.05, 0.1) is 7.11 Å². The molecule has 0 saturated carbocycles. The normalized spacial score (nSPS) is 22.4. The molecule has 34 heavy (non-hydrogen) atoms. The molecule has 2 amide bonds. The van der Waals surface area contributed by atoms with E-state index in [0.29, 0.717) is 49.5 Å². The second kappa shape index (κ2) is 10.8. The number of piperidine rings is 1. The fourth-order valence-electron chi connectivity index (χ4n) is 4.93. The Balaban J connectivity index is 1.31. The van der Waals surface area contributed by atoms with Gasteiger partial charge in [-0.1, -0.05) is 0 Å². The molecule has 8 nitrogen and oxygen atoms in total. The zero-order chi connectivity index (χ0) is 24.0. The average molecular weight is 470 g/mol. The number of nitrogens with one attached hydrogen (secondary N) is 2. The first kappa shape index (κ1) is 23.9. The minimum absolute atomic E-state index is 0.0558. The Morgan fingerprint density at radius 2 is 2.18 bits per heavy atom. The molecular weight excluding hydrogens is 437 g/mol. The zero-order valence-corrected chi connectivity index (χ0v) is 19.6.